The van der Waals surface area contributed by atoms with E-state index in [1.807, 2.05) is 0 Å². The molecular weight excluding hydrogens is 642 g/mol. The van der Waals surface area contributed by atoms with Crippen LogP contribution in [0.15, 0.2) is 0 Å². The van der Waals surface area contributed by atoms with Crippen LogP contribution in [-0.4, -0.2) is 97.1 Å². The molecule has 4 aliphatic carbocycles. The van der Waals surface area contributed by atoms with Gasteiger partial charge in [0.1, 0.15) is 18.6 Å². The quantitative estimate of drug-likeness (QED) is 0.129. The molecule has 0 saturated heterocycles. The van der Waals surface area contributed by atoms with Crippen LogP contribution in [0.3, 0.4) is 0 Å². The third-order valence-corrected chi connectivity index (χ3v) is 13.8. The fourth-order valence-electron chi connectivity index (χ4n) is 10.1. The van der Waals surface area contributed by atoms with E-state index < -0.39 is 60.0 Å². The van der Waals surface area contributed by atoms with E-state index in [0.29, 0.717) is 25.7 Å². The fraction of sp³-hybridized carbons (Fsp3) is 0.853. The number of aliphatic hydroxyl groups is 3. The van der Waals surface area contributed by atoms with Gasteiger partial charge in [-0.3, -0.25) is 24.0 Å². The number of carbonyl (C=O) groups is 5. The van der Waals surface area contributed by atoms with Gasteiger partial charge in [-0.1, -0.05) is 32.5 Å². The van der Waals surface area contributed by atoms with E-state index in [1.54, 1.807) is 0 Å². The summed E-state index contributed by atoms with van der Waals surface area (Å²) in [5.74, 6) is -3.09. The van der Waals surface area contributed by atoms with Gasteiger partial charge in [-0.05, 0) is 104 Å². The Balaban J connectivity index is 1.34. The summed E-state index contributed by atoms with van der Waals surface area (Å²) in [7, 11) is 0. The Hall–Kier alpha value is -2.26. The molecule has 48 heavy (non-hydrogen) atoms. The highest BCUT2D eigenvalue weighted by Crippen LogP contribution is 2.68. The van der Waals surface area contributed by atoms with Crippen molar-refractivity contribution < 1.29 is 49.5 Å². The molecule has 272 valence electrons. The molecule has 0 heterocycles. The predicted octanol–water partition coefficient (Wildman–Crippen LogP) is 1.50. The molecule has 13 atom stereocenters. The average molecular weight is 698 g/mol. The Labute approximate surface area is 286 Å². The van der Waals surface area contributed by atoms with Crippen LogP contribution in [0.1, 0.15) is 91.4 Å². The largest absolute Gasteiger partial charge is 0.480 e. The lowest BCUT2D eigenvalue weighted by atomic mass is 9.43. The molecule has 4 saturated carbocycles. The summed E-state index contributed by atoms with van der Waals surface area (Å²) >= 11 is 0.870. The van der Waals surface area contributed by atoms with E-state index in [9.17, 15) is 39.3 Å². The number of aliphatic carboxylic acids is 2. The topological polar surface area (TPSA) is 237 Å². The zero-order chi connectivity index (χ0) is 35.6. The summed E-state index contributed by atoms with van der Waals surface area (Å²) in [5, 5.41) is 56.0. The maximum Gasteiger partial charge on any atom is 0.322 e. The number of carbonyl (C=O) groups excluding carboxylic acids is 3. The van der Waals surface area contributed by atoms with Gasteiger partial charge < -0.3 is 41.9 Å². The van der Waals surface area contributed by atoms with Crippen LogP contribution < -0.4 is 16.4 Å². The van der Waals surface area contributed by atoms with Crippen LogP contribution in [0.4, 0.5) is 0 Å². The van der Waals surface area contributed by atoms with Crippen molar-refractivity contribution in [1.29, 1.82) is 0 Å². The van der Waals surface area contributed by atoms with Crippen LogP contribution in [0.25, 0.3) is 0 Å². The van der Waals surface area contributed by atoms with E-state index in [-0.39, 0.29) is 77.2 Å². The summed E-state index contributed by atoms with van der Waals surface area (Å²) in [6, 6.07) is -2.46. The molecule has 0 aromatic rings. The van der Waals surface area contributed by atoms with E-state index in [0.717, 1.165) is 37.4 Å². The van der Waals surface area contributed by atoms with E-state index >= 15 is 0 Å². The summed E-state index contributed by atoms with van der Waals surface area (Å²) in [6.45, 7) is 5.92. The molecule has 2 amide bonds. The molecule has 0 aromatic carbocycles. The van der Waals surface area contributed by atoms with Crippen molar-refractivity contribution in [2.24, 2.45) is 52.1 Å². The zero-order valence-electron chi connectivity index (χ0n) is 28.3. The number of thioether (sulfide) groups is 1. The lowest BCUT2D eigenvalue weighted by Crippen LogP contribution is -2.62. The monoisotopic (exact) mass is 697 g/mol. The van der Waals surface area contributed by atoms with Gasteiger partial charge in [0, 0.05) is 18.6 Å². The van der Waals surface area contributed by atoms with Gasteiger partial charge in [0.2, 0.25) is 11.8 Å². The van der Waals surface area contributed by atoms with Crippen LogP contribution >= 0.6 is 11.8 Å². The molecule has 14 heteroatoms. The standard InChI is InChI=1S/C34H55N3O10S/c1-17(4-9-29(44)48-16-24(31(45)36-15-28(42)43)37-27(41)8-7-23(35)32(46)47)20-5-6-21-30-22(14-26(40)34(20,21)3)33(2)11-10-19(38)12-18(33)13-25(30)39/h17-26,30,38-40H,4-16,35H2,1-3H3,(H,36,45)(H,37,41)(H,42,43)(H,46,47)/t17-,18+,19-,20-,21+,22+,23+,24+,25-,26+,30+,33+,34-/m1/s1. The van der Waals surface area contributed by atoms with Crippen molar-refractivity contribution in [3.63, 3.8) is 0 Å². The molecular formula is C34H55N3O10S. The SMILES string of the molecule is C[C@H](CCC(=O)SC[C@H](NC(=O)CC[C@H](N)C(=O)O)C(=O)NCC(=O)O)[C@H]1CC[C@H]2[C@@H]3[C@H](O)C[C@@H]4C[C@H](O)CC[C@]4(C)[C@H]3C[C@H](O)[C@]12C. The van der Waals surface area contributed by atoms with E-state index in [1.165, 1.54) is 0 Å². The summed E-state index contributed by atoms with van der Waals surface area (Å²) < 4.78 is 0. The number of aliphatic hydroxyl groups excluding tert-OH is 3. The second kappa shape index (κ2) is 15.7. The Bertz CT molecular complexity index is 1220. The van der Waals surface area contributed by atoms with Gasteiger partial charge in [-0.25, -0.2) is 0 Å². The maximum atomic E-state index is 13.0. The second-order valence-electron chi connectivity index (χ2n) is 15.4. The number of nitrogens with two attached hydrogens (primary N) is 1. The second-order valence-corrected chi connectivity index (χ2v) is 16.5. The van der Waals surface area contributed by atoms with Gasteiger partial charge in [-0.2, -0.15) is 0 Å². The average Bonchev–Trinajstić information content (AvgIpc) is 3.38. The number of rotatable bonds is 14. The summed E-state index contributed by atoms with van der Waals surface area (Å²) in [6.07, 6.45) is 4.56. The highest BCUT2D eigenvalue weighted by molar-refractivity contribution is 8.13. The minimum atomic E-state index is -1.27. The lowest BCUT2D eigenvalue weighted by molar-refractivity contribution is -0.207. The molecule has 0 aliphatic heterocycles. The number of amides is 2. The Morgan fingerprint density at radius 3 is 2.31 bits per heavy atom. The van der Waals surface area contributed by atoms with Gasteiger partial charge in [-0.15, -0.1) is 0 Å². The number of carboxylic acid groups (broad SMARTS) is 2. The number of carboxylic acids is 2. The number of hydrogen-bond acceptors (Lipinski definition) is 10. The van der Waals surface area contributed by atoms with Crippen LogP contribution in [-0.2, 0) is 24.0 Å². The van der Waals surface area contributed by atoms with Gasteiger partial charge in [0.25, 0.3) is 0 Å². The van der Waals surface area contributed by atoms with Gasteiger partial charge >= 0.3 is 11.9 Å². The third kappa shape index (κ3) is 8.20. The molecule has 0 unspecified atom stereocenters. The molecule has 0 bridgehead atoms. The van der Waals surface area contributed by atoms with Crippen LogP contribution in [0, 0.1) is 46.3 Å². The normalized spacial score (nSPS) is 37.6. The number of fused-ring (bicyclic) bond motifs is 5. The Morgan fingerprint density at radius 2 is 1.65 bits per heavy atom. The van der Waals surface area contributed by atoms with Gasteiger partial charge in [0.05, 0.1) is 18.3 Å². The van der Waals surface area contributed by atoms with Crippen molar-refractivity contribution in [1.82, 2.24) is 10.6 Å². The van der Waals surface area contributed by atoms with Crippen LogP contribution in [0.5, 0.6) is 0 Å². The van der Waals surface area contributed by atoms with Crippen molar-refractivity contribution in [3.8, 4) is 0 Å². The summed E-state index contributed by atoms with van der Waals surface area (Å²) in [5.41, 5.74) is 5.05. The molecule has 0 spiro atoms. The van der Waals surface area contributed by atoms with Crippen molar-refractivity contribution in [3.05, 3.63) is 0 Å². The first-order chi connectivity index (χ1) is 22.5. The predicted molar refractivity (Wildman–Crippen MR) is 177 cm³/mol. The van der Waals surface area contributed by atoms with Crippen LogP contribution in [0.2, 0.25) is 0 Å². The lowest BCUT2D eigenvalue weighted by Gasteiger charge is -2.63. The molecule has 4 fully saturated rings. The fourth-order valence-corrected chi connectivity index (χ4v) is 10.9. The third-order valence-electron chi connectivity index (χ3n) is 12.8. The minimum absolute atomic E-state index is 0.00799. The molecule has 4 rings (SSSR count). The maximum absolute atomic E-state index is 13.0. The van der Waals surface area contributed by atoms with Crippen molar-refractivity contribution in [2.45, 2.75) is 122 Å². The summed E-state index contributed by atoms with van der Waals surface area (Å²) in [4.78, 5) is 60.0. The molecule has 0 radical (unpaired) electrons. The zero-order valence-corrected chi connectivity index (χ0v) is 29.1. The highest BCUT2D eigenvalue weighted by Gasteiger charge is 2.65. The Morgan fingerprint density at radius 1 is 0.938 bits per heavy atom. The minimum Gasteiger partial charge on any atom is -0.480 e. The first-order valence-electron chi connectivity index (χ1n) is 17.5. The first-order valence-corrected chi connectivity index (χ1v) is 18.4. The molecule has 9 N–H and O–H groups in total. The van der Waals surface area contributed by atoms with E-state index in [2.05, 4.69) is 31.4 Å². The van der Waals surface area contributed by atoms with E-state index in [4.69, 9.17) is 15.9 Å². The van der Waals surface area contributed by atoms with Crippen molar-refractivity contribution in [2.75, 3.05) is 12.3 Å². The Kier molecular flexibility index (Phi) is 12.6. The smallest absolute Gasteiger partial charge is 0.322 e. The number of hydrogen-bond donors (Lipinski definition) is 8. The first kappa shape index (κ1) is 38.5. The molecule has 13 nitrogen and oxygen atoms in total. The molecule has 0 aromatic heterocycles. The van der Waals surface area contributed by atoms with Gasteiger partial charge in [0.15, 0.2) is 5.12 Å². The number of nitrogens with one attached hydrogen (secondary N) is 2. The van der Waals surface area contributed by atoms with Crippen molar-refractivity contribution >= 4 is 40.6 Å². The highest BCUT2D eigenvalue weighted by atomic mass is 32.2. The molecule has 4 aliphatic rings.